The molecule has 0 aliphatic heterocycles. The van der Waals surface area contributed by atoms with Crippen LogP contribution in [0.1, 0.15) is 46.5 Å². The van der Waals surface area contributed by atoms with Crippen LogP contribution in [0.4, 0.5) is 4.79 Å². The molecule has 0 aromatic rings. The Bertz CT molecular complexity index is 346. The number of amides is 2. The maximum Gasteiger partial charge on any atom is 0.323 e. The summed E-state index contributed by atoms with van der Waals surface area (Å²) in [6, 6.07) is -0.172. The molecule has 6 nitrogen and oxygen atoms in total. The lowest BCUT2D eigenvalue weighted by molar-refractivity contribution is -0.138. The maximum absolute atomic E-state index is 12.7. The minimum absolute atomic E-state index is 0.104. The first-order valence-corrected chi connectivity index (χ1v) is 7.18. The van der Waals surface area contributed by atoms with Gasteiger partial charge in [0.05, 0.1) is 6.61 Å². The van der Waals surface area contributed by atoms with Crippen LogP contribution in [0.5, 0.6) is 0 Å². The monoisotopic (exact) mass is 286 g/mol. The third kappa shape index (κ3) is 4.37. The predicted octanol–water partition coefficient (Wildman–Crippen LogP) is 1.53. The fourth-order valence-electron chi connectivity index (χ4n) is 2.64. The molecule has 0 aromatic carbocycles. The molecule has 2 amide bonds. The van der Waals surface area contributed by atoms with E-state index < -0.39 is 11.5 Å². The van der Waals surface area contributed by atoms with Crippen LogP contribution in [0, 0.1) is 0 Å². The van der Waals surface area contributed by atoms with Crippen molar-refractivity contribution in [2.75, 3.05) is 19.7 Å². The number of aliphatic hydroxyl groups is 1. The van der Waals surface area contributed by atoms with Gasteiger partial charge in [0, 0.05) is 18.1 Å². The van der Waals surface area contributed by atoms with Crippen molar-refractivity contribution in [2.24, 2.45) is 0 Å². The van der Waals surface area contributed by atoms with E-state index in [1.165, 1.54) is 4.90 Å². The van der Waals surface area contributed by atoms with Gasteiger partial charge >= 0.3 is 12.0 Å². The van der Waals surface area contributed by atoms with Gasteiger partial charge in [-0.3, -0.25) is 4.79 Å². The summed E-state index contributed by atoms with van der Waals surface area (Å²) in [5.41, 5.74) is -0.568. The van der Waals surface area contributed by atoms with Crippen molar-refractivity contribution in [3.05, 3.63) is 0 Å². The molecular weight excluding hydrogens is 260 g/mol. The minimum atomic E-state index is -1.02. The fourth-order valence-corrected chi connectivity index (χ4v) is 2.64. The lowest BCUT2D eigenvalue weighted by Gasteiger charge is -2.40. The van der Waals surface area contributed by atoms with Crippen LogP contribution in [-0.2, 0) is 4.79 Å². The lowest BCUT2D eigenvalue weighted by atomic mass is 10.1. The number of hydrogen-bond donors (Lipinski definition) is 2. The van der Waals surface area contributed by atoms with Crippen LogP contribution in [-0.4, -0.2) is 63.3 Å². The average molecular weight is 286 g/mol. The Balaban J connectivity index is 2.90. The molecule has 20 heavy (non-hydrogen) atoms. The van der Waals surface area contributed by atoms with Crippen LogP contribution < -0.4 is 0 Å². The van der Waals surface area contributed by atoms with E-state index in [1.807, 2.05) is 20.8 Å². The Morgan fingerprint density at radius 3 is 2.15 bits per heavy atom. The Labute approximate surface area is 120 Å². The van der Waals surface area contributed by atoms with E-state index in [0.717, 1.165) is 25.7 Å². The van der Waals surface area contributed by atoms with Crippen molar-refractivity contribution in [1.82, 2.24) is 9.80 Å². The third-order valence-corrected chi connectivity index (χ3v) is 3.69. The zero-order valence-corrected chi connectivity index (χ0v) is 12.6. The number of carboxylic acids is 1. The number of aliphatic carboxylic acids is 1. The molecule has 1 fully saturated rings. The van der Waals surface area contributed by atoms with Gasteiger partial charge in [-0.05, 0) is 33.6 Å². The Kier molecular flexibility index (Phi) is 5.80. The van der Waals surface area contributed by atoms with E-state index in [9.17, 15) is 14.7 Å². The molecule has 0 unspecified atom stereocenters. The number of urea groups is 1. The van der Waals surface area contributed by atoms with Crippen LogP contribution in [0.25, 0.3) is 0 Å². The second-order valence-electron chi connectivity index (χ2n) is 6.29. The van der Waals surface area contributed by atoms with E-state index in [1.54, 1.807) is 4.90 Å². The number of rotatable bonds is 5. The minimum Gasteiger partial charge on any atom is -0.480 e. The summed E-state index contributed by atoms with van der Waals surface area (Å²) < 4.78 is 0. The SMILES string of the molecule is CC(C)(C)N(CC(=O)O)C(=O)N(CCO)C1CCCC1. The van der Waals surface area contributed by atoms with Gasteiger partial charge in [0.2, 0.25) is 0 Å². The highest BCUT2D eigenvalue weighted by Crippen LogP contribution is 2.26. The summed E-state index contributed by atoms with van der Waals surface area (Å²) in [7, 11) is 0. The van der Waals surface area contributed by atoms with Crippen molar-refractivity contribution >= 4 is 12.0 Å². The fraction of sp³-hybridized carbons (Fsp3) is 0.857. The number of carbonyl (C=O) groups excluding carboxylic acids is 1. The standard InChI is InChI=1S/C14H26N2O4/c1-14(2,3)16(10-12(18)19)13(20)15(8-9-17)11-6-4-5-7-11/h11,17H,4-10H2,1-3H3,(H,18,19). The largest absolute Gasteiger partial charge is 0.480 e. The molecule has 1 aliphatic rings. The second kappa shape index (κ2) is 6.92. The maximum atomic E-state index is 12.7. The molecule has 0 radical (unpaired) electrons. The summed E-state index contributed by atoms with van der Waals surface area (Å²) in [5, 5.41) is 18.2. The van der Waals surface area contributed by atoms with Gasteiger partial charge in [-0.1, -0.05) is 12.8 Å². The van der Waals surface area contributed by atoms with Crippen LogP contribution in [0.3, 0.4) is 0 Å². The number of hydrogen-bond acceptors (Lipinski definition) is 3. The van der Waals surface area contributed by atoms with Gasteiger partial charge in [0.1, 0.15) is 6.54 Å². The second-order valence-corrected chi connectivity index (χ2v) is 6.29. The van der Waals surface area contributed by atoms with E-state index in [2.05, 4.69) is 0 Å². The van der Waals surface area contributed by atoms with Gasteiger partial charge in [-0.2, -0.15) is 0 Å². The molecule has 1 rings (SSSR count). The first-order valence-electron chi connectivity index (χ1n) is 7.18. The number of carboxylic acid groups (broad SMARTS) is 1. The highest BCUT2D eigenvalue weighted by atomic mass is 16.4. The summed E-state index contributed by atoms with van der Waals surface area (Å²) >= 11 is 0. The van der Waals surface area contributed by atoms with Crippen molar-refractivity contribution in [2.45, 2.75) is 58.0 Å². The lowest BCUT2D eigenvalue weighted by Crippen LogP contribution is -2.56. The normalized spacial score (nSPS) is 16.2. The highest BCUT2D eigenvalue weighted by molar-refractivity contribution is 5.81. The summed E-state index contributed by atoms with van der Waals surface area (Å²) in [5.74, 6) is -1.02. The van der Waals surface area contributed by atoms with E-state index in [0.29, 0.717) is 0 Å². The quantitative estimate of drug-likeness (QED) is 0.803. The van der Waals surface area contributed by atoms with Crippen LogP contribution in [0.15, 0.2) is 0 Å². The summed E-state index contributed by atoms with van der Waals surface area (Å²) in [4.78, 5) is 26.7. The smallest absolute Gasteiger partial charge is 0.323 e. The van der Waals surface area contributed by atoms with Gasteiger partial charge in [-0.25, -0.2) is 4.79 Å². The molecule has 0 bridgehead atoms. The first-order chi connectivity index (χ1) is 9.27. The van der Waals surface area contributed by atoms with Crippen molar-refractivity contribution in [1.29, 1.82) is 0 Å². The van der Waals surface area contributed by atoms with Crippen LogP contribution in [0.2, 0.25) is 0 Å². The number of nitrogens with zero attached hydrogens (tertiary/aromatic N) is 2. The first kappa shape index (κ1) is 16.8. The van der Waals surface area contributed by atoms with E-state index in [-0.39, 0.29) is 31.8 Å². The topological polar surface area (TPSA) is 81.1 Å². The molecule has 2 N–H and O–H groups in total. The molecule has 1 saturated carbocycles. The predicted molar refractivity (Wildman–Crippen MR) is 75.5 cm³/mol. The zero-order chi connectivity index (χ0) is 15.3. The molecular formula is C14H26N2O4. The number of aliphatic hydroxyl groups excluding tert-OH is 1. The van der Waals surface area contributed by atoms with Gasteiger partial charge in [-0.15, -0.1) is 0 Å². The van der Waals surface area contributed by atoms with Gasteiger partial charge in [0.25, 0.3) is 0 Å². The Morgan fingerprint density at radius 2 is 1.75 bits per heavy atom. The van der Waals surface area contributed by atoms with Crippen molar-refractivity contribution < 1.29 is 19.8 Å². The highest BCUT2D eigenvalue weighted by Gasteiger charge is 2.35. The summed E-state index contributed by atoms with van der Waals surface area (Å²) in [6.07, 6.45) is 4.01. The van der Waals surface area contributed by atoms with Crippen molar-refractivity contribution in [3.8, 4) is 0 Å². The molecule has 0 aromatic heterocycles. The zero-order valence-electron chi connectivity index (χ0n) is 12.6. The van der Waals surface area contributed by atoms with Gasteiger partial charge in [0.15, 0.2) is 0 Å². The van der Waals surface area contributed by atoms with E-state index in [4.69, 9.17) is 5.11 Å². The number of carbonyl (C=O) groups is 2. The molecule has 0 atom stereocenters. The average Bonchev–Trinajstić information content (AvgIpc) is 2.84. The molecule has 0 saturated heterocycles. The van der Waals surface area contributed by atoms with E-state index >= 15 is 0 Å². The summed E-state index contributed by atoms with van der Waals surface area (Å²) in [6.45, 7) is 5.29. The molecule has 116 valence electrons. The molecule has 0 heterocycles. The Hall–Kier alpha value is -1.30. The van der Waals surface area contributed by atoms with Crippen molar-refractivity contribution in [3.63, 3.8) is 0 Å². The Morgan fingerprint density at radius 1 is 1.20 bits per heavy atom. The van der Waals surface area contributed by atoms with Gasteiger partial charge < -0.3 is 20.0 Å². The molecule has 6 heteroatoms. The molecule has 0 spiro atoms. The third-order valence-electron chi connectivity index (χ3n) is 3.69. The van der Waals surface area contributed by atoms with Crippen LogP contribution >= 0.6 is 0 Å². The molecule has 1 aliphatic carbocycles.